The van der Waals surface area contributed by atoms with Crippen molar-refractivity contribution in [2.24, 2.45) is 17.3 Å². The normalized spacial score (nSPS) is 55.6. The Morgan fingerprint density at radius 2 is 1.82 bits per heavy atom. The molecule has 0 N–H and O–H groups in total. The molecule has 0 aromatic heterocycles. The van der Waals surface area contributed by atoms with E-state index in [2.05, 4.69) is 19.6 Å². The summed E-state index contributed by atoms with van der Waals surface area (Å²) in [5.74, 6) is 1.00. The molecule has 3 heterocycles. The largest absolute Gasteiger partial charge is 0.370 e. The van der Waals surface area contributed by atoms with Crippen LogP contribution in [0.1, 0.15) is 64.7 Å². The van der Waals surface area contributed by atoms with Crippen molar-refractivity contribution in [2.45, 2.75) is 87.3 Å². The van der Waals surface area contributed by atoms with Crippen molar-refractivity contribution in [1.82, 2.24) is 0 Å². The molecule has 2 spiro atoms. The molecule has 7 rings (SSSR count). The highest BCUT2D eigenvalue weighted by atomic mass is 16.7. The molecule has 7 aliphatic rings. The van der Waals surface area contributed by atoms with E-state index in [4.69, 9.17) is 18.9 Å². The third kappa shape index (κ3) is 1.68. The van der Waals surface area contributed by atoms with Gasteiger partial charge in [0.05, 0.1) is 25.4 Å². The van der Waals surface area contributed by atoms with Crippen molar-refractivity contribution in [1.29, 1.82) is 0 Å². The first-order valence-electron chi connectivity index (χ1n) is 11.5. The van der Waals surface area contributed by atoms with E-state index in [0.29, 0.717) is 11.8 Å². The zero-order chi connectivity index (χ0) is 18.8. The second-order valence-corrected chi connectivity index (χ2v) is 10.8. The van der Waals surface area contributed by atoms with E-state index in [0.717, 1.165) is 64.8 Å². The second-order valence-electron chi connectivity index (χ2n) is 10.8. The van der Waals surface area contributed by atoms with E-state index >= 15 is 0 Å². The number of hydrogen-bond donors (Lipinski definition) is 0. The van der Waals surface area contributed by atoms with Crippen LogP contribution in [0.3, 0.4) is 0 Å². The fourth-order valence-electron chi connectivity index (χ4n) is 8.80. The lowest BCUT2D eigenvalue weighted by atomic mass is 9.52. The Morgan fingerprint density at radius 3 is 2.61 bits per heavy atom. The number of allylic oxidation sites excluding steroid dienone is 1. The molecule has 28 heavy (non-hydrogen) atoms. The number of hydrogen-bond acceptors (Lipinski definition) is 4. The number of fused-ring (bicyclic) bond motifs is 4. The quantitative estimate of drug-likeness (QED) is 0.461. The van der Waals surface area contributed by atoms with E-state index in [1.807, 2.05) is 0 Å². The van der Waals surface area contributed by atoms with Crippen LogP contribution in [0.25, 0.3) is 0 Å². The molecule has 0 aromatic carbocycles. The van der Waals surface area contributed by atoms with E-state index in [1.54, 1.807) is 5.57 Å². The molecule has 3 aliphatic heterocycles. The molecule has 0 aromatic rings. The maximum atomic E-state index is 6.71. The van der Waals surface area contributed by atoms with Crippen LogP contribution in [-0.4, -0.2) is 42.4 Å². The SMILES string of the molecule is C=C1CCOC12CCC1C3CCC45CC6(CCC4(O5)C3=CCC12C)OCCO6. The summed E-state index contributed by atoms with van der Waals surface area (Å²) in [7, 11) is 0. The zero-order valence-corrected chi connectivity index (χ0v) is 17.1. The van der Waals surface area contributed by atoms with Crippen LogP contribution in [0.2, 0.25) is 0 Å². The van der Waals surface area contributed by atoms with Crippen molar-refractivity contribution in [3.05, 3.63) is 23.8 Å². The first-order valence-corrected chi connectivity index (χ1v) is 11.5. The summed E-state index contributed by atoms with van der Waals surface area (Å²) in [5.41, 5.74) is 3.09. The van der Waals surface area contributed by atoms with E-state index in [1.165, 1.54) is 18.4 Å². The monoisotopic (exact) mass is 384 g/mol. The third-order valence-electron chi connectivity index (χ3n) is 10.1. The van der Waals surface area contributed by atoms with Gasteiger partial charge in [0.2, 0.25) is 0 Å². The summed E-state index contributed by atoms with van der Waals surface area (Å²) in [6, 6.07) is 0. The Labute approximate surface area is 167 Å². The zero-order valence-electron chi connectivity index (χ0n) is 17.1. The van der Waals surface area contributed by atoms with Crippen molar-refractivity contribution in [2.75, 3.05) is 19.8 Å². The molecule has 6 atom stereocenters. The second kappa shape index (κ2) is 4.96. The average Bonchev–Trinajstić information content (AvgIpc) is 2.95. The molecule has 0 radical (unpaired) electrons. The van der Waals surface area contributed by atoms with Gasteiger partial charge in [0.25, 0.3) is 0 Å². The Bertz CT molecular complexity index is 796. The molecular weight excluding hydrogens is 352 g/mol. The van der Waals surface area contributed by atoms with Crippen LogP contribution >= 0.6 is 0 Å². The molecule has 6 fully saturated rings. The predicted octanol–water partition coefficient (Wildman–Crippen LogP) is 4.29. The molecular formula is C24H32O4. The first kappa shape index (κ1) is 17.0. The van der Waals surface area contributed by atoms with Crippen LogP contribution in [0.15, 0.2) is 23.8 Å². The predicted molar refractivity (Wildman–Crippen MR) is 104 cm³/mol. The molecule has 4 aliphatic carbocycles. The van der Waals surface area contributed by atoms with E-state index < -0.39 is 0 Å². The van der Waals surface area contributed by atoms with Gasteiger partial charge in [-0.25, -0.2) is 0 Å². The first-order chi connectivity index (χ1) is 13.5. The summed E-state index contributed by atoms with van der Waals surface area (Å²) in [5, 5.41) is 0. The molecule has 3 saturated heterocycles. The van der Waals surface area contributed by atoms with Gasteiger partial charge in [-0.1, -0.05) is 19.6 Å². The van der Waals surface area contributed by atoms with Gasteiger partial charge in [0, 0.05) is 18.3 Å². The summed E-state index contributed by atoms with van der Waals surface area (Å²) >= 11 is 0. The molecule has 3 saturated carbocycles. The van der Waals surface area contributed by atoms with Gasteiger partial charge >= 0.3 is 0 Å². The topological polar surface area (TPSA) is 40.2 Å². The van der Waals surface area contributed by atoms with E-state index in [9.17, 15) is 0 Å². The molecule has 4 nitrogen and oxygen atoms in total. The third-order valence-corrected chi connectivity index (χ3v) is 10.1. The highest BCUT2D eigenvalue weighted by Gasteiger charge is 2.79. The van der Waals surface area contributed by atoms with Crippen LogP contribution in [0.4, 0.5) is 0 Å². The fraction of sp³-hybridized carbons (Fsp3) is 0.833. The maximum Gasteiger partial charge on any atom is 0.171 e. The lowest BCUT2D eigenvalue weighted by Crippen LogP contribution is -2.54. The number of rotatable bonds is 0. The highest BCUT2D eigenvalue weighted by Crippen LogP contribution is 2.75. The minimum absolute atomic E-state index is 0.0128. The van der Waals surface area contributed by atoms with Crippen LogP contribution in [0.5, 0.6) is 0 Å². The highest BCUT2D eigenvalue weighted by molar-refractivity contribution is 5.44. The molecule has 152 valence electrons. The lowest BCUT2D eigenvalue weighted by Gasteiger charge is -2.52. The van der Waals surface area contributed by atoms with Gasteiger partial charge in [0.15, 0.2) is 5.79 Å². The minimum Gasteiger partial charge on any atom is -0.370 e. The Balaban J connectivity index is 1.25. The van der Waals surface area contributed by atoms with Gasteiger partial charge in [-0.05, 0) is 67.9 Å². The summed E-state index contributed by atoms with van der Waals surface area (Å²) in [4.78, 5) is 0. The number of epoxide rings is 1. The summed E-state index contributed by atoms with van der Waals surface area (Å²) in [6.45, 7) is 9.29. The van der Waals surface area contributed by atoms with Crippen LogP contribution in [0, 0.1) is 17.3 Å². The standard InChI is InChI=1S/C24H32O4/c1-16-6-12-27-23(16)9-5-18-17-3-8-21-15-22(25-13-14-26-22)10-11-24(21,28-21)19(17)4-7-20(18,23)2/h4,17-18H,1,3,5-15H2,2H3. The van der Waals surface area contributed by atoms with E-state index in [-0.39, 0.29) is 28.0 Å². The van der Waals surface area contributed by atoms with Crippen molar-refractivity contribution < 1.29 is 18.9 Å². The Morgan fingerprint density at radius 1 is 0.964 bits per heavy atom. The maximum absolute atomic E-state index is 6.71. The molecule has 4 heteroatoms. The van der Waals surface area contributed by atoms with Crippen molar-refractivity contribution in [3.8, 4) is 0 Å². The Kier molecular flexibility index (Phi) is 3.02. The van der Waals surface area contributed by atoms with Crippen molar-refractivity contribution in [3.63, 3.8) is 0 Å². The fourth-order valence-corrected chi connectivity index (χ4v) is 8.80. The molecule has 0 amide bonds. The van der Waals surface area contributed by atoms with Gasteiger partial charge in [-0.15, -0.1) is 0 Å². The summed E-state index contributed by atoms with van der Waals surface area (Å²) in [6.07, 6.45) is 12.5. The molecule has 6 unspecified atom stereocenters. The average molecular weight is 385 g/mol. The molecule has 0 bridgehead atoms. The van der Waals surface area contributed by atoms with Gasteiger partial charge < -0.3 is 18.9 Å². The van der Waals surface area contributed by atoms with Gasteiger partial charge in [-0.3, -0.25) is 0 Å². The van der Waals surface area contributed by atoms with Gasteiger partial charge in [0.1, 0.15) is 11.2 Å². The minimum atomic E-state index is -0.358. The van der Waals surface area contributed by atoms with Gasteiger partial charge in [-0.2, -0.15) is 0 Å². The smallest absolute Gasteiger partial charge is 0.171 e. The van der Waals surface area contributed by atoms with Crippen LogP contribution in [-0.2, 0) is 18.9 Å². The summed E-state index contributed by atoms with van der Waals surface area (Å²) < 4.78 is 25.3. The number of ether oxygens (including phenoxy) is 4. The Hall–Kier alpha value is -0.680. The van der Waals surface area contributed by atoms with Crippen molar-refractivity contribution >= 4 is 0 Å². The van der Waals surface area contributed by atoms with Crippen LogP contribution < -0.4 is 0 Å². The lowest BCUT2D eigenvalue weighted by molar-refractivity contribution is -0.185.